The van der Waals surface area contributed by atoms with Crippen molar-refractivity contribution in [1.82, 2.24) is 0 Å². The van der Waals surface area contributed by atoms with Crippen LogP contribution in [0.2, 0.25) is 5.02 Å². The van der Waals surface area contributed by atoms with E-state index in [0.717, 1.165) is 12.1 Å². The van der Waals surface area contributed by atoms with Crippen LogP contribution in [-0.2, 0) is 14.8 Å². The molecule has 0 aromatic heterocycles. The second-order valence-electron chi connectivity index (χ2n) is 6.61. The van der Waals surface area contributed by atoms with Crippen LogP contribution in [0, 0.1) is 5.82 Å². The van der Waals surface area contributed by atoms with Crippen LogP contribution >= 0.6 is 11.6 Å². The van der Waals surface area contributed by atoms with Gasteiger partial charge in [0.1, 0.15) is 11.6 Å². The number of benzene rings is 3. The van der Waals surface area contributed by atoms with Crippen molar-refractivity contribution < 1.29 is 31.8 Å². The summed E-state index contributed by atoms with van der Waals surface area (Å²) in [5.74, 6) is 0.137. The lowest BCUT2D eigenvalue weighted by Crippen LogP contribution is -2.20. The molecule has 3 aromatic carbocycles. The van der Waals surface area contributed by atoms with Crippen molar-refractivity contribution in [3.8, 4) is 17.2 Å². The molecular weight excluding hydrogens is 475 g/mol. The highest BCUT2D eigenvalue weighted by molar-refractivity contribution is 7.92. The average Bonchev–Trinajstić information content (AvgIpc) is 2.79. The topological polar surface area (TPSA) is 103 Å². The van der Waals surface area contributed by atoms with E-state index in [0.29, 0.717) is 17.2 Å². The lowest BCUT2D eigenvalue weighted by atomic mass is 10.2. The molecule has 0 fully saturated rings. The fourth-order valence-electron chi connectivity index (χ4n) is 2.75. The first-order valence-corrected chi connectivity index (χ1v) is 11.3. The molecule has 3 aromatic rings. The molecule has 11 heteroatoms. The molecule has 0 unspecified atom stereocenters. The molecular formula is C22H20ClFN2O6S. The zero-order chi connectivity index (χ0) is 24.0. The van der Waals surface area contributed by atoms with Crippen LogP contribution in [0.1, 0.15) is 0 Å². The maximum absolute atomic E-state index is 13.0. The van der Waals surface area contributed by atoms with Crippen molar-refractivity contribution in [2.45, 2.75) is 4.90 Å². The number of carbonyl (C=O) groups excluding carboxylic acids is 1. The van der Waals surface area contributed by atoms with Crippen LogP contribution in [0.5, 0.6) is 17.2 Å². The Bertz CT molecular complexity index is 1250. The highest BCUT2D eigenvalue weighted by Gasteiger charge is 2.17. The number of hydrogen-bond donors (Lipinski definition) is 2. The lowest BCUT2D eigenvalue weighted by molar-refractivity contribution is -0.118. The number of hydrogen-bond acceptors (Lipinski definition) is 6. The number of amides is 1. The fraction of sp³-hybridized carbons (Fsp3) is 0.136. The molecule has 0 heterocycles. The average molecular weight is 495 g/mol. The summed E-state index contributed by atoms with van der Waals surface area (Å²) in [7, 11) is -0.981. The summed E-state index contributed by atoms with van der Waals surface area (Å²) in [6, 6.07) is 13.5. The van der Waals surface area contributed by atoms with Gasteiger partial charge in [-0.15, -0.1) is 0 Å². The first kappa shape index (κ1) is 24.1. The Morgan fingerprint density at radius 3 is 2.18 bits per heavy atom. The minimum atomic E-state index is -3.96. The Balaban J connectivity index is 1.63. The molecule has 174 valence electrons. The van der Waals surface area contributed by atoms with Crippen molar-refractivity contribution in [2.75, 3.05) is 30.9 Å². The SMILES string of the molecule is COc1ccc(NC(=O)COc2ccc(S(=O)(=O)Nc3ccc(F)cc3)cc2Cl)cc1OC. The molecule has 0 atom stereocenters. The molecule has 0 saturated heterocycles. The van der Waals surface area contributed by atoms with Crippen molar-refractivity contribution in [2.24, 2.45) is 0 Å². The normalized spacial score (nSPS) is 10.9. The third-order valence-corrected chi connectivity index (χ3v) is 6.01. The highest BCUT2D eigenvalue weighted by Crippen LogP contribution is 2.30. The molecule has 2 N–H and O–H groups in total. The molecule has 0 aliphatic heterocycles. The van der Waals surface area contributed by atoms with Gasteiger partial charge in [0.2, 0.25) is 0 Å². The van der Waals surface area contributed by atoms with E-state index in [-0.39, 0.29) is 28.0 Å². The smallest absolute Gasteiger partial charge is 0.262 e. The summed E-state index contributed by atoms with van der Waals surface area (Å²) in [5.41, 5.74) is 0.667. The summed E-state index contributed by atoms with van der Waals surface area (Å²) in [6.07, 6.45) is 0. The number of ether oxygens (including phenoxy) is 3. The van der Waals surface area contributed by atoms with Crippen LogP contribution in [-0.4, -0.2) is 35.2 Å². The van der Waals surface area contributed by atoms with Crippen LogP contribution in [0.3, 0.4) is 0 Å². The van der Waals surface area contributed by atoms with E-state index in [2.05, 4.69) is 10.0 Å². The number of nitrogens with one attached hydrogen (secondary N) is 2. The number of halogens is 2. The van der Waals surface area contributed by atoms with Gasteiger partial charge in [0, 0.05) is 17.4 Å². The van der Waals surface area contributed by atoms with E-state index < -0.39 is 21.7 Å². The zero-order valence-electron chi connectivity index (χ0n) is 17.6. The van der Waals surface area contributed by atoms with Gasteiger partial charge in [-0.1, -0.05) is 11.6 Å². The summed E-state index contributed by atoms with van der Waals surface area (Å²) in [4.78, 5) is 12.1. The van der Waals surface area contributed by atoms with E-state index in [4.69, 9.17) is 25.8 Å². The summed E-state index contributed by atoms with van der Waals surface area (Å²) in [5, 5.41) is 2.65. The fourth-order valence-corrected chi connectivity index (χ4v) is 4.14. The molecule has 8 nitrogen and oxygen atoms in total. The van der Waals surface area contributed by atoms with Gasteiger partial charge in [0.05, 0.1) is 24.1 Å². The molecule has 3 rings (SSSR count). The van der Waals surface area contributed by atoms with Gasteiger partial charge in [-0.05, 0) is 54.6 Å². The minimum Gasteiger partial charge on any atom is -0.493 e. The predicted octanol–water partition coefficient (Wildman–Crippen LogP) is 4.31. The maximum atomic E-state index is 13.0. The van der Waals surface area contributed by atoms with Crippen molar-refractivity contribution in [3.63, 3.8) is 0 Å². The first-order valence-electron chi connectivity index (χ1n) is 9.44. The Morgan fingerprint density at radius 2 is 1.55 bits per heavy atom. The van der Waals surface area contributed by atoms with E-state index in [1.807, 2.05) is 0 Å². The third-order valence-electron chi connectivity index (χ3n) is 4.34. The van der Waals surface area contributed by atoms with Gasteiger partial charge in [-0.25, -0.2) is 12.8 Å². The predicted molar refractivity (Wildman–Crippen MR) is 122 cm³/mol. The lowest BCUT2D eigenvalue weighted by Gasteiger charge is -2.12. The van der Waals surface area contributed by atoms with Gasteiger partial charge in [-0.3, -0.25) is 9.52 Å². The van der Waals surface area contributed by atoms with Gasteiger partial charge < -0.3 is 19.5 Å². The summed E-state index contributed by atoms with van der Waals surface area (Å²) in [6.45, 7) is -0.367. The van der Waals surface area contributed by atoms with Crippen LogP contribution in [0.25, 0.3) is 0 Å². The van der Waals surface area contributed by atoms with E-state index in [1.165, 1.54) is 44.6 Å². The zero-order valence-corrected chi connectivity index (χ0v) is 19.2. The Labute approximate surface area is 195 Å². The third kappa shape index (κ3) is 6.27. The number of carbonyl (C=O) groups is 1. The largest absolute Gasteiger partial charge is 0.493 e. The second kappa shape index (κ2) is 10.4. The molecule has 0 saturated carbocycles. The number of anilines is 2. The number of sulfonamides is 1. The van der Waals surface area contributed by atoms with Crippen LogP contribution in [0.4, 0.5) is 15.8 Å². The summed E-state index contributed by atoms with van der Waals surface area (Å²) >= 11 is 6.15. The van der Waals surface area contributed by atoms with Crippen molar-refractivity contribution in [3.05, 3.63) is 71.5 Å². The monoisotopic (exact) mass is 494 g/mol. The Kier molecular flexibility index (Phi) is 7.62. The van der Waals surface area contributed by atoms with Crippen LogP contribution in [0.15, 0.2) is 65.6 Å². The van der Waals surface area contributed by atoms with Gasteiger partial charge >= 0.3 is 0 Å². The Morgan fingerprint density at radius 1 is 0.909 bits per heavy atom. The molecule has 1 amide bonds. The summed E-state index contributed by atoms with van der Waals surface area (Å²) < 4.78 is 56.1. The molecule has 0 aliphatic carbocycles. The van der Waals surface area contributed by atoms with Gasteiger partial charge in [-0.2, -0.15) is 0 Å². The van der Waals surface area contributed by atoms with Crippen molar-refractivity contribution in [1.29, 1.82) is 0 Å². The van der Waals surface area contributed by atoms with E-state index in [9.17, 15) is 17.6 Å². The Hall–Kier alpha value is -3.50. The maximum Gasteiger partial charge on any atom is 0.262 e. The van der Waals surface area contributed by atoms with E-state index in [1.54, 1.807) is 18.2 Å². The minimum absolute atomic E-state index is 0.00380. The molecule has 33 heavy (non-hydrogen) atoms. The van der Waals surface area contributed by atoms with Crippen LogP contribution < -0.4 is 24.2 Å². The quantitative estimate of drug-likeness (QED) is 0.459. The van der Waals surface area contributed by atoms with Crippen molar-refractivity contribution >= 4 is 38.9 Å². The second-order valence-corrected chi connectivity index (χ2v) is 8.70. The molecule has 0 radical (unpaired) electrons. The standard InChI is InChI=1S/C22H20ClFN2O6S/c1-30-20-9-7-16(11-21(20)31-2)25-22(27)13-32-19-10-8-17(12-18(19)23)33(28,29)26-15-5-3-14(24)4-6-15/h3-12,26H,13H2,1-2H3,(H,25,27). The molecule has 0 aliphatic rings. The molecule has 0 bridgehead atoms. The van der Waals surface area contributed by atoms with E-state index >= 15 is 0 Å². The van der Waals surface area contributed by atoms with Gasteiger partial charge in [0.25, 0.3) is 15.9 Å². The number of methoxy groups -OCH3 is 2. The first-order chi connectivity index (χ1) is 15.7. The highest BCUT2D eigenvalue weighted by atomic mass is 35.5. The van der Waals surface area contributed by atoms with Gasteiger partial charge in [0.15, 0.2) is 18.1 Å². The molecule has 0 spiro atoms. The number of rotatable bonds is 9.